The maximum Gasteiger partial charge on any atom is 0.119 e. The molecule has 20 heavy (non-hydrogen) atoms. The Bertz CT molecular complexity index is 445. The standard InChI is InChI=1S/C17H27NO2/c1-5-18(11-12(2)3)16-9-6-13-10-14(20-4)7-8-15(13)17(16)19/h7-8,10,12,16-17,19H,5-6,9,11H2,1-4H3. The van der Waals surface area contributed by atoms with Gasteiger partial charge in [-0.2, -0.15) is 0 Å². The molecule has 1 aliphatic rings. The fourth-order valence-corrected chi connectivity index (χ4v) is 3.23. The number of aryl methyl sites for hydroxylation is 1. The molecule has 1 N–H and O–H groups in total. The van der Waals surface area contributed by atoms with Crippen molar-refractivity contribution in [1.29, 1.82) is 0 Å². The van der Waals surface area contributed by atoms with Gasteiger partial charge in [0.15, 0.2) is 0 Å². The van der Waals surface area contributed by atoms with Crippen LogP contribution in [0.25, 0.3) is 0 Å². The average Bonchev–Trinajstić information content (AvgIpc) is 2.45. The van der Waals surface area contributed by atoms with Gasteiger partial charge in [0.25, 0.3) is 0 Å². The van der Waals surface area contributed by atoms with E-state index in [0.29, 0.717) is 5.92 Å². The van der Waals surface area contributed by atoms with Crippen LogP contribution in [0, 0.1) is 5.92 Å². The van der Waals surface area contributed by atoms with Gasteiger partial charge in [-0.15, -0.1) is 0 Å². The number of ether oxygens (including phenoxy) is 1. The summed E-state index contributed by atoms with van der Waals surface area (Å²) < 4.78 is 5.27. The number of fused-ring (bicyclic) bond motifs is 1. The first-order chi connectivity index (χ1) is 9.56. The van der Waals surface area contributed by atoms with E-state index >= 15 is 0 Å². The number of likely N-dealkylation sites (N-methyl/N-ethyl adjacent to an activating group) is 1. The van der Waals surface area contributed by atoms with Gasteiger partial charge in [-0.1, -0.05) is 26.8 Å². The highest BCUT2D eigenvalue weighted by Gasteiger charge is 2.32. The van der Waals surface area contributed by atoms with Crippen LogP contribution in [-0.2, 0) is 6.42 Å². The van der Waals surface area contributed by atoms with Gasteiger partial charge in [-0.05, 0) is 48.6 Å². The summed E-state index contributed by atoms with van der Waals surface area (Å²) in [7, 11) is 1.69. The third-order valence-electron chi connectivity index (χ3n) is 4.22. The number of hydrogen-bond donors (Lipinski definition) is 1. The maximum atomic E-state index is 10.7. The van der Waals surface area contributed by atoms with Gasteiger partial charge in [0.05, 0.1) is 13.2 Å². The third-order valence-corrected chi connectivity index (χ3v) is 4.22. The number of aliphatic hydroxyl groups is 1. The van der Waals surface area contributed by atoms with Crippen LogP contribution < -0.4 is 4.74 Å². The molecule has 2 rings (SSSR count). The Morgan fingerprint density at radius 1 is 1.40 bits per heavy atom. The van der Waals surface area contributed by atoms with Gasteiger partial charge in [0.2, 0.25) is 0 Å². The number of hydrogen-bond acceptors (Lipinski definition) is 3. The lowest BCUT2D eigenvalue weighted by atomic mass is 9.84. The molecule has 1 aliphatic carbocycles. The van der Waals surface area contributed by atoms with Gasteiger partial charge in [0.1, 0.15) is 5.75 Å². The lowest BCUT2D eigenvalue weighted by Crippen LogP contribution is -2.43. The Morgan fingerprint density at radius 2 is 2.15 bits per heavy atom. The molecule has 0 aromatic heterocycles. The van der Waals surface area contributed by atoms with E-state index in [2.05, 4.69) is 31.7 Å². The Labute approximate surface area is 122 Å². The smallest absolute Gasteiger partial charge is 0.119 e. The summed E-state index contributed by atoms with van der Waals surface area (Å²) in [6.07, 6.45) is 1.65. The number of methoxy groups -OCH3 is 1. The minimum absolute atomic E-state index is 0.239. The summed E-state index contributed by atoms with van der Waals surface area (Å²) in [5.74, 6) is 1.50. The van der Waals surface area contributed by atoms with E-state index in [0.717, 1.165) is 37.2 Å². The summed E-state index contributed by atoms with van der Waals surface area (Å²) in [6, 6.07) is 6.27. The topological polar surface area (TPSA) is 32.7 Å². The van der Waals surface area contributed by atoms with Crippen LogP contribution in [0.3, 0.4) is 0 Å². The first kappa shape index (κ1) is 15.3. The van der Waals surface area contributed by atoms with Gasteiger partial charge >= 0.3 is 0 Å². The summed E-state index contributed by atoms with van der Waals surface area (Å²) in [6.45, 7) is 8.68. The zero-order chi connectivity index (χ0) is 14.7. The molecule has 2 atom stereocenters. The fourth-order valence-electron chi connectivity index (χ4n) is 3.23. The van der Waals surface area contributed by atoms with Gasteiger partial charge < -0.3 is 9.84 Å². The minimum atomic E-state index is -0.386. The second-order valence-corrected chi connectivity index (χ2v) is 6.10. The number of rotatable bonds is 5. The zero-order valence-corrected chi connectivity index (χ0v) is 13.1. The van der Waals surface area contributed by atoms with E-state index in [1.165, 1.54) is 5.56 Å². The van der Waals surface area contributed by atoms with Crippen LogP contribution in [0.5, 0.6) is 5.75 Å². The van der Waals surface area contributed by atoms with Gasteiger partial charge in [-0.3, -0.25) is 4.90 Å². The molecule has 3 heteroatoms. The van der Waals surface area contributed by atoms with E-state index in [1.807, 2.05) is 12.1 Å². The molecule has 0 spiro atoms. The van der Waals surface area contributed by atoms with E-state index in [1.54, 1.807) is 7.11 Å². The SMILES string of the molecule is CCN(CC(C)C)C1CCc2cc(OC)ccc2C1O. The van der Waals surface area contributed by atoms with Crippen LogP contribution >= 0.6 is 0 Å². The summed E-state index contributed by atoms with van der Waals surface area (Å²) in [4.78, 5) is 2.42. The summed E-state index contributed by atoms with van der Waals surface area (Å²) >= 11 is 0. The first-order valence-electron chi connectivity index (χ1n) is 7.65. The lowest BCUT2D eigenvalue weighted by Gasteiger charge is -2.39. The van der Waals surface area contributed by atoms with Crippen molar-refractivity contribution in [2.45, 2.75) is 45.8 Å². The number of aliphatic hydroxyl groups excluding tert-OH is 1. The van der Waals surface area contributed by atoms with Crippen LogP contribution in [0.1, 0.15) is 44.4 Å². The number of benzene rings is 1. The molecule has 1 aromatic rings. The highest BCUT2D eigenvalue weighted by atomic mass is 16.5. The highest BCUT2D eigenvalue weighted by Crippen LogP contribution is 2.35. The second kappa shape index (κ2) is 6.59. The average molecular weight is 277 g/mol. The molecular weight excluding hydrogens is 250 g/mol. The summed E-state index contributed by atoms with van der Waals surface area (Å²) in [5.41, 5.74) is 2.30. The van der Waals surface area contributed by atoms with E-state index in [-0.39, 0.29) is 12.1 Å². The predicted molar refractivity (Wildman–Crippen MR) is 82.1 cm³/mol. The largest absolute Gasteiger partial charge is 0.497 e. The van der Waals surface area contributed by atoms with E-state index in [9.17, 15) is 5.11 Å². The van der Waals surface area contributed by atoms with Crippen molar-refractivity contribution >= 4 is 0 Å². The molecule has 112 valence electrons. The fraction of sp³-hybridized carbons (Fsp3) is 0.647. The Hall–Kier alpha value is -1.06. The zero-order valence-electron chi connectivity index (χ0n) is 13.1. The van der Waals surface area contributed by atoms with E-state index in [4.69, 9.17) is 4.74 Å². The maximum absolute atomic E-state index is 10.7. The molecule has 3 nitrogen and oxygen atoms in total. The molecule has 2 unspecified atom stereocenters. The number of nitrogens with zero attached hydrogens (tertiary/aromatic N) is 1. The van der Waals surface area contributed by atoms with Crippen molar-refractivity contribution in [2.75, 3.05) is 20.2 Å². The van der Waals surface area contributed by atoms with Crippen molar-refractivity contribution in [3.05, 3.63) is 29.3 Å². The Kier molecular flexibility index (Phi) is 5.06. The van der Waals surface area contributed by atoms with Crippen molar-refractivity contribution < 1.29 is 9.84 Å². The van der Waals surface area contributed by atoms with Crippen LogP contribution in [-0.4, -0.2) is 36.2 Å². The van der Waals surface area contributed by atoms with Crippen molar-refractivity contribution in [3.63, 3.8) is 0 Å². The van der Waals surface area contributed by atoms with Crippen molar-refractivity contribution in [3.8, 4) is 5.75 Å². The molecule has 0 radical (unpaired) electrons. The van der Waals surface area contributed by atoms with Crippen LogP contribution in [0.2, 0.25) is 0 Å². The molecule has 0 fully saturated rings. The molecule has 0 saturated carbocycles. The minimum Gasteiger partial charge on any atom is -0.497 e. The Morgan fingerprint density at radius 3 is 2.75 bits per heavy atom. The molecular formula is C17H27NO2. The molecule has 0 aliphatic heterocycles. The summed E-state index contributed by atoms with van der Waals surface area (Å²) in [5, 5.41) is 10.7. The molecule has 0 bridgehead atoms. The molecule has 1 aromatic carbocycles. The molecule has 0 heterocycles. The lowest BCUT2D eigenvalue weighted by molar-refractivity contribution is 0.0327. The molecule has 0 amide bonds. The second-order valence-electron chi connectivity index (χ2n) is 6.10. The Balaban J connectivity index is 2.20. The van der Waals surface area contributed by atoms with Gasteiger partial charge in [0, 0.05) is 12.6 Å². The third kappa shape index (κ3) is 3.15. The van der Waals surface area contributed by atoms with Gasteiger partial charge in [-0.25, -0.2) is 0 Å². The van der Waals surface area contributed by atoms with Crippen LogP contribution in [0.15, 0.2) is 18.2 Å². The van der Waals surface area contributed by atoms with Crippen LogP contribution in [0.4, 0.5) is 0 Å². The monoisotopic (exact) mass is 277 g/mol. The predicted octanol–water partition coefficient (Wildman–Crippen LogP) is 3.02. The van der Waals surface area contributed by atoms with Crippen molar-refractivity contribution in [2.24, 2.45) is 5.92 Å². The quantitative estimate of drug-likeness (QED) is 0.898. The highest BCUT2D eigenvalue weighted by molar-refractivity contribution is 5.39. The molecule has 0 saturated heterocycles. The van der Waals surface area contributed by atoms with Crippen molar-refractivity contribution in [1.82, 2.24) is 4.90 Å². The first-order valence-corrected chi connectivity index (χ1v) is 7.65. The normalized spacial score (nSPS) is 22.1. The van der Waals surface area contributed by atoms with E-state index < -0.39 is 0 Å².